The Bertz CT molecular complexity index is 1800. The molecule has 0 saturated heterocycles. The lowest BCUT2D eigenvalue weighted by atomic mass is 9.96. The summed E-state index contributed by atoms with van der Waals surface area (Å²) in [5.41, 5.74) is 24.9. The van der Waals surface area contributed by atoms with Crippen LogP contribution in [-0.4, -0.2) is 22.8 Å². The van der Waals surface area contributed by atoms with Gasteiger partial charge in [-0.1, -0.05) is 27.7 Å². The lowest BCUT2D eigenvalue weighted by molar-refractivity contribution is 0.282. The van der Waals surface area contributed by atoms with Crippen LogP contribution in [0, 0.1) is 0 Å². The first-order valence-corrected chi connectivity index (χ1v) is 14.7. The quantitative estimate of drug-likeness (QED) is 0.403. The predicted molar refractivity (Wildman–Crippen MR) is 169 cm³/mol. The van der Waals surface area contributed by atoms with Crippen LogP contribution in [0.15, 0.2) is 107 Å². The van der Waals surface area contributed by atoms with E-state index in [9.17, 15) is 0 Å². The molecule has 0 saturated carbocycles. The Balaban J connectivity index is 1.53. The normalized spacial score (nSPS) is 20.5. The molecule has 0 radical (unpaired) electrons. The number of fused-ring (bicyclic) bond motifs is 9. The number of hydrogen-bond donors (Lipinski definition) is 2. The molecular formula is C34H34N6O. The molecule has 7 nitrogen and oxygen atoms in total. The zero-order chi connectivity index (χ0) is 28.4. The van der Waals surface area contributed by atoms with Gasteiger partial charge in [0.1, 0.15) is 0 Å². The molecule has 1 aromatic rings. The Hall–Kier alpha value is -4.36. The smallest absolute Gasteiger partial charge is 0.0985 e. The summed E-state index contributed by atoms with van der Waals surface area (Å²) in [5.74, 6) is 0. The highest BCUT2D eigenvalue weighted by atomic mass is 16.8. The lowest BCUT2D eigenvalue weighted by Crippen LogP contribution is -2.01. The van der Waals surface area contributed by atoms with Crippen LogP contribution in [0.4, 0.5) is 11.4 Å². The summed E-state index contributed by atoms with van der Waals surface area (Å²) in [4.78, 5) is 26.1. The van der Waals surface area contributed by atoms with E-state index in [2.05, 4.69) is 82.9 Å². The zero-order valence-electron chi connectivity index (χ0n) is 24.5. The Morgan fingerprint density at radius 2 is 1.15 bits per heavy atom. The average Bonchev–Trinajstić information content (AvgIpc) is 3.76. The van der Waals surface area contributed by atoms with Gasteiger partial charge in [-0.05, 0) is 109 Å². The molecule has 0 spiro atoms. The first-order valence-electron chi connectivity index (χ1n) is 14.7. The maximum Gasteiger partial charge on any atom is 0.0985 e. The molecule has 8 bridgehead atoms. The van der Waals surface area contributed by atoms with Gasteiger partial charge in [0.25, 0.3) is 0 Å². The molecule has 7 rings (SSSR count). The fourth-order valence-corrected chi connectivity index (χ4v) is 6.65. The predicted octanol–water partition coefficient (Wildman–Crippen LogP) is 8.11. The number of rotatable bonds is 4. The first-order chi connectivity index (χ1) is 19.9. The van der Waals surface area contributed by atoms with E-state index in [0.717, 1.165) is 93.8 Å². The maximum atomic E-state index is 5.39. The van der Waals surface area contributed by atoms with E-state index < -0.39 is 0 Å². The fourth-order valence-electron chi connectivity index (χ4n) is 6.65. The van der Waals surface area contributed by atoms with E-state index in [1.807, 2.05) is 6.07 Å². The minimum atomic E-state index is 0.859. The highest BCUT2D eigenvalue weighted by Gasteiger charge is 2.31. The van der Waals surface area contributed by atoms with Gasteiger partial charge in [-0.3, -0.25) is 0 Å². The standard InChI is InChI=1S/C34H34N6O/c1-7-19-17(5)25-13-29-21(9-3)22(10-4)30(37-29)14-26-18(6)20(8-2)28(36-26)16-32-33-23(31(38-32)15-27(19)35-25)11-12-24-34(33)40-41-39-24/h11-16,39-40H,7-10H2,1-6H3. The zero-order valence-corrected chi connectivity index (χ0v) is 24.5. The van der Waals surface area contributed by atoms with Crippen LogP contribution in [0.1, 0.15) is 78.4 Å². The van der Waals surface area contributed by atoms with Crippen molar-refractivity contribution in [3.05, 3.63) is 98.1 Å². The van der Waals surface area contributed by atoms with Crippen LogP contribution in [0.25, 0.3) is 5.70 Å². The van der Waals surface area contributed by atoms with Crippen molar-refractivity contribution in [2.75, 3.05) is 11.0 Å². The topological polar surface area (TPSA) is 82.7 Å². The van der Waals surface area contributed by atoms with E-state index in [4.69, 9.17) is 24.9 Å². The monoisotopic (exact) mass is 542 g/mol. The minimum Gasteiger partial charge on any atom is -0.248 e. The van der Waals surface area contributed by atoms with Gasteiger partial charge in [-0.15, -0.1) is 0 Å². The summed E-state index contributed by atoms with van der Waals surface area (Å²) in [6.07, 6.45) is 12.2. The van der Waals surface area contributed by atoms with Gasteiger partial charge in [-0.25, -0.2) is 30.9 Å². The van der Waals surface area contributed by atoms with E-state index in [1.165, 1.54) is 33.4 Å². The highest BCUT2D eigenvalue weighted by molar-refractivity contribution is 6.26. The third-order valence-electron chi connectivity index (χ3n) is 8.80. The molecule has 206 valence electrons. The van der Waals surface area contributed by atoms with Gasteiger partial charge in [0.15, 0.2) is 0 Å². The van der Waals surface area contributed by atoms with E-state index >= 15 is 0 Å². The molecule has 0 amide bonds. The van der Waals surface area contributed by atoms with Crippen molar-refractivity contribution in [3.8, 4) is 0 Å². The Morgan fingerprint density at radius 1 is 0.561 bits per heavy atom. The molecule has 6 aliphatic heterocycles. The van der Waals surface area contributed by atoms with Crippen LogP contribution >= 0.6 is 0 Å². The fraction of sp³-hybridized carbons (Fsp3) is 0.294. The van der Waals surface area contributed by atoms with E-state index in [1.54, 1.807) is 0 Å². The second-order valence-corrected chi connectivity index (χ2v) is 10.9. The largest absolute Gasteiger partial charge is 0.248 e. The molecule has 6 aliphatic rings. The molecule has 0 atom stereocenters. The summed E-state index contributed by atoms with van der Waals surface area (Å²) < 4.78 is 0. The minimum absolute atomic E-state index is 0.859. The third-order valence-corrected chi connectivity index (χ3v) is 8.80. The molecule has 0 aromatic heterocycles. The second-order valence-electron chi connectivity index (χ2n) is 10.9. The molecule has 7 heteroatoms. The summed E-state index contributed by atoms with van der Waals surface area (Å²) in [7, 11) is 0. The van der Waals surface area contributed by atoms with Gasteiger partial charge in [0, 0.05) is 11.1 Å². The van der Waals surface area contributed by atoms with Gasteiger partial charge < -0.3 is 0 Å². The summed E-state index contributed by atoms with van der Waals surface area (Å²) >= 11 is 0. The van der Waals surface area contributed by atoms with Crippen molar-refractivity contribution in [2.45, 2.75) is 67.2 Å². The number of aliphatic imine (C=N–C) groups is 4. The number of nitrogens with one attached hydrogen (secondary N) is 2. The summed E-state index contributed by atoms with van der Waals surface area (Å²) in [5, 5.41) is 0. The van der Waals surface area contributed by atoms with Crippen molar-refractivity contribution in [1.82, 2.24) is 0 Å². The van der Waals surface area contributed by atoms with Crippen molar-refractivity contribution < 1.29 is 4.94 Å². The number of benzene rings is 1. The van der Waals surface area contributed by atoms with Crippen molar-refractivity contribution in [1.29, 1.82) is 0 Å². The van der Waals surface area contributed by atoms with Gasteiger partial charge in [0.05, 0.1) is 57.0 Å². The lowest BCUT2D eigenvalue weighted by Gasteiger charge is -2.07. The third kappa shape index (κ3) is 3.83. The second kappa shape index (κ2) is 9.63. The van der Waals surface area contributed by atoms with Gasteiger partial charge in [-0.2, -0.15) is 4.94 Å². The Kier molecular flexibility index (Phi) is 6.01. The maximum absolute atomic E-state index is 5.39. The molecule has 41 heavy (non-hydrogen) atoms. The summed E-state index contributed by atoms with van der Waals surface area (Å²) in [6.45, 7) is 13.1. The highest BCUT2D eigenvalue weighted by Crippen LogP contribution is 2.43. The molecule has 2 N–H and O–H groups in total. The van der Waals surface area contributed by atoms with Crippen LogP contribution < -0.4 is 11.0 Å². The van der Waals surface area contributed by atoms with Crippen LogP contribution in [-0.2, 0) is 4.94 Å². The molecule has 0 unspecified atom stereocenters. The van der Waals surface area contributed by atoms with Crippen LogP contribution in [0.3, 0.4) is 0 Å². The molecule has 6 heterocycles. The number of anilines is 2. The van der Waals surface area contributed by atoms with Crippen LogP contribution in [0.5, 0.6) is 0 Å². The average molecular weight is 543 g/mol. The summed E-state index contributed by atoms with van der Waals surface area (Å²) in [6, 6.07) is 4.13. The SMILES string of the molecule is CCC1=C(C)C2=NC1=CC1=NC(=CC3=NC(=CC4=NC(=C2)C(CC)=C4CC)C(C)=C3CC)c2ccc3c(c21)NON3. The van der Waals surface area contributed by atoms with E-state index in [-0.39, 0.29) is 0 Å². The molecular weight excluding hydrogens is 508 g/mol. The van der Waals surface area contributed by atoms with Gasteiger partial charge >= 0.3 is 0 Å². The Labute approximate surface area is 240 Å². The number of nitrogens with zero attached hydrogens (tertiary/aromatic N) is 4. The molecule has 1 aromatic carbocycles. The van der Waals surface area contributed by atoms with Gasteiger partial charge in [0.2, 0.25) is 0 Å². The van der Waals surface area contributed by atoms with Crippen molar-refractivity contribution in [3.63, 3.8) is 0 Å². The van der Waals surface area contributed by atoms with Crippen LogP contribution in [0.2, 0.25) is 0 Å². The van der Waals surface area contributed by atoms with Crippen molar-refractivity contribution >= 4 is 39.9 Å². The number of allylic oxidation sites excluding steroid dienone is 10. The van der Waals surface area contributed by atoms with Crippen molar-refractivity contribution in [2.24, 2.45) is 20.0 Å². The molecule has 0 aliphatic carbocycles. The molecule has 0 fully saturated rings. The number of hydrogen-bond acceptors (Lipinski definition) is 7. The first kappa shape index (κ1) is 25.6. The van der Waals surface area contributed by atoms with E-state index in [0.29, 0.717) is 0 Å². The Morgan fingerprint density at radius 3 is 1.90 bits per heavy atom.